The fourth-order valence-corrected chi connectivity index (χ4v) is 1.68. The van der Waals surface area contributed by atoms with Crippen molar-refractivity contribution in [1.82, 2.24) is 4.57 Å². The van der Waals surface area contributed by atoms with Gasteiger partial charge in [0.15, 0.2) is 0 Å². The lowest BCUT2D eigenvalue weighted by atomic mass is 10.2. The number of carboxylic acids is 1. The molecule has 1 aromatic heterocycles. The van der Waals surface area contributed by atoms with E-state index >= 15 is 0 Å². The summed E-state index contributed by atoms with van der Waals surface area (Å²) in [4.78, 5) is 22.8. The average Bonchev–Trinajstić information content (AvgIpc) is 2.30. The highest BCUT2D eigenvalue weighted by molar-refractivity contribution is 5.87. The Morgan fingerprint density at radius 1 is 1.18 bits per heavy atom. The molecule has 0 spiro atoms. The Balaban J connectivity index is 2.70. The molecule has 1 N–H and O–H groups in total. The van der Waals surface area contributed by atoms with Crippen molar-refractivity contribution in [3.05, 3.63) is 64.1 Å². The third-order valence-electron chi connectivity index (χ3n) is 2.55. The molecule has 0 saturated carbocycles. The number of carbonyl (C=O) groups is 1. The number of benzene rings is 1. The molecule has 0 aliphatic rings. The zero-order valence-corrected chi connectivity index (χ0v) is 9.25. The van der Waals surface area contributed by atoms with Gasteiger partial charge in [-0.05, 0) is 30.7 Å². The number of pyridine rings is 1. The number of aryl methyl sites for hydroxylation is 1. The van der Waals surface area contributed by atoms with Gasteiger partial charge < -0.3 is 5.11 Å². The molecule has 4 nitrogen and oxygen atoms in total. The van der Waals surface area contributed by atoms with Crippen LogP contribution in [0, 0.1) is 6.92 Å². The Morgan fingerprint density at radius 2 is 1.88 bits per heavy atom. The Morgan fingerprint density at radius 3 is 2.53 bits per heavy atom. The minimum atomic E-state index is -1.21. The van der Waals surface area contributed by atoms with Crippen LogP contribution in [0.5, 0.6) is 0 Å². The van der Waals surface area contributed by atoms with Gasteiger partial charge in [-0.25, -0.2) is 4.79 Å². The van der Waals surface area contributed by atoms with Crippen LogP contribution in [0.4, 0.5) is 0 Å². The standard InChI is InChI=1S/C13H11NO3/c1-9-5-2-3-7-11(9)14-8-4-6-10(12(14)15)13(16)17/h2-8H,1H3,(H,16,17). The van der Waals surface area contributed by atoms with Gasteiger partial charge in [-0.3, -0.25) is 9.36 Å². The minimum absolute atomic E-state index is 0.226. The molecule has 0 unspecified atom stereocenters. The van der Waals surface area contributed by atoms with Crippen molar-refractivity contribution in [3.8, 4) is 5.69 Å². The van der Waals surface area contributed by atoms with Crippen LogP contribution in [0.15, 0.2) is 47.4 Å². The molecule has 0 atom stereocenters. The fraction of sp³-hybridized carbons (Fsp3) is 0.0769. The molecular formula is C13H11NO3. The topological polar surface area (TPSA) is 59.3 Å². The zero-order valence-electron chi connectivity index (χ0n) is 9.25. The molecule has 86 valence electrons. The van der Waals surface area contributed by atoms with E-state index in [-0.39, 0.29) is 5.56 Å². The van der Waals surface area contributed by atoms with Crippen molar-refractivity contribution in [1.29, 1.82) is 0 Å². The number of carboxylic acid groups (broad SMARTS) is 1. The minimum Gasteiger partial charge on any atom is -0.477 e. The van der Waals surface area contributed by atoms with E-state index in [1.54, 1.807) is 18.3 Å². The summed E-state index contributed by atoms with van der Waals surface area (Å²) >= 11 is 0. The largest absolute Gasteiger partial charge is 0.477 e. The molecular weight excluding hydrogens is 218 g/mol. The highest BCUT2D eigenvalue weighted by atomic mass is 16.4. The van der Waals surface area contributed by atoms with Crippen LogP contribution in [-0.2, 0) is 0 Å². The molecule has 0 bridgehead atoms. The van der Waals surface area contributed by atoms with Gasteiger partial charge in [-0.15, -0.1) is 0 Å². The summed E-state index contributed by atoms with van der Waals surface area (Å²) in [6.45, 7) is 1.87. The maximum Gasteiger partial charge on any atom is 0.341 e. The second kappa shape index (κ2) is 4.25. The van der Waals surface area contributed by atoms with E-state index < -0.39 is 11.5 Å². The molecule has 17 heavy (non-hydrogen) atoms. The molecule has 4 heteroatoms. The van der Waals surface area contributed by atoms with Gasteiger partial charge in [-0.1, -0.05) is 18.2 Å². The highest BCUT2D eigenvalue weighted by Crippen LogP contribution is 2.11. The van der Waals surface area contributed by atoms with Gasteiger partial charge in [0.1, 0.15) is 5.56 Å². The zero-order chi connectivity index (χ0) is 12.4. The first-order valence-corrected chi connectivity index (χ1v) is 5.12. The second-order valence-corrected chi connectivity index (χ2v) is 3.69. The first-order valence-electron chi connectivity index (χ1n) is 5.12. The number of hydrogen-bond acceptors (Lipinski definition) is 2. The molecule has 2 aromatic rings. The predicted molar refractivity (Wildman–Crippen MR) is 63.7 cm³/mol. The number of rotatable bonds is 2. The molecule has 0 saturated heterocycles. The van der Waals surface area contributed by atoms with Crippen molar-refractivity contribution in [2.75, 3.05) is 0 Å². The summed E-state index contributed by atoms with van der Waals surface area (Å²) in [5.74, 6) is -1.21. The summed E-state index contributed by atoms with van der Waals surface area (Å²) < 4.78 is 1.35. The quantitative estimate of drug-likeness (QED) is 0.854. The van der Waals surface area contributed by atoms with Crippen molar-refractivity contribution < 1.29 is 9.90 Å². The van der Waals surface area contributed by atoms with Gasteiger partial charge in [0, 0.05) is 6.20 Å². The Hall–Kier alpha value is -2.36. The van der Waals surface area contributed by atoms with Crippen LogP contribution in [0.3, 0.4) is 0 Å². The van der Waals surface area contributed by atoms with Crippen LogP contribution in [0.25, 0.3) is 5.69 Å². The van der Waals surface area contributed by atoms with Crippen molar-refractivity contribution in [2.24, 2.45) is 0 Å². The van der Waals surface area contributed by atoms with Crippen molar-refractivity contribution in [3.63, 3.8) is 0 Å². The average molecular weight is 229 g/mol. The van der Waals surface area contributed by atoms with Gasteiger partial charge >= 0.3 is 5.97 Å². The van der Waals surface area contributed by atoms with Crippen LogP contribution < -0.4 is 5.56 Å². The molecule has 0 aliphatic heterocycles. The summed E-state index contributed by atoms with van der Waals surface area (Å²) in [5, 5.41) is 8.89. The van der Waals surface area contributed by atoms with E-state index in [0.717, 1.165) is 5.56 Å². The van der Waals surface area contributed by atoms with Crippen molar-refractivity contribution in [2.45, 2.75) is 6.92 Å². The molecule has 0 radical (unpaired) electrons. The van der Waals surface area contributed by atoms with Gasteiger partial charge in [0.2, 0.25) is 0 Å². The Kier molecular flexibility index (Phi) is 2.78. The highest BCUT2D eigenvalue weighted by Gasteiger charge is 2.11. The van der Waals surface area contributed by atoms with Crippen LogP contribution in [0.1, 0.15) is 15.9 Å². The SMILES string of the molecule is Cc1ccccc1-n1cccc(C(=O)O)c1=O. The number of hydrogen-bond donors (Lipinski definition) is 1. The van der Waals surface area contributed by atoms with Gasteiger partial charge in [0.25, 0.3) is 5.56 Å². The summed E-state index contributed by atoms with van der Waals surface area (Å²) in [6.07, 6.45) is 1.57. The number of para-hydroxylation sites is 1. The first kappa shape index (κ1) is 11.1. The van der Waals surface area contributed by atoms with E-state index in [1.807, 2.05) is 25.1 Å². The normalized spacial score (nSPS) is 10.2. The van der Waals surface area contributed by atoms with E-state index in [1.165, 1.54) is 10.6 Å². The van der Waals surface area contributed by atoms with Crippen LogP contribution in [0.2, 0.25) is 0 Å². The molecule has 2 rings (SSSR count). The van der Waals surface area contributed by atoms with Crippen molar-refractivity contribution >= 4 is 5.97 Å². The lowest BCUT2D eigenvalue weighted by molar-refractivity contribution is 0.0694. The third-order valence-corrected chi connectivity index (χ3v) is 2.55. The molecule has 1 heterocycles. The summed E-state index contributed by atoms with van der Waals surface area (Å²) in [5.41, 5.74) is 0.864. The smallest absolute Gasteiger partial charge is 0.341 e. The van der Waals surface area contributed by atoms with Crippen LogP contribution in [-0.4, -0.2) is 15.6 Å². The molecule has 0 amide bonds. The lowest BCUT2D eigenvalue weighted by Crippen LogP contribution is -2.24. The van der Waals surface area contributed by atoms with Gasteiger partial charge in [0.05, 0.1) is 5.69 Å². The summed E-state index contributed by atoms with van der Waals surface area (Å²) in [7, 11) is 0. The molecule has 1 aromatic carbocycles. The van der Waals surface area contributed by atoms with Gasteiger partial charge in [-0.2, -0.15) is 0 Å². The number of aromatic carboxylic acids is 1. The maximum atomic E-state index is 11.9. The maximum absolute atomic E-state index is 11.9. The van der Waals surface area contributed by atoms with E-state index in [0.29, 0.717) is 5.69 Å². The summed E-state index contributed by atoms with van der Waals surface area (Å²) in [6, 6.07) is 10.2. The predicted octanol–water partition coefficient (Wildman–Crippen LogP) is 1.84. The second-order valence-electron chi connectivity index (χ2n) is 3.69. The molecule has 0 fully saturated rings. The number of aromatic nitrogens is 1. The fourth-order valence-electron chi connectivity index (χ4n) is 1.68. The molecule has 0 aliphatic carbocycles. The third kappa shape index (κ3) is 1.97. The monoisotopic (exact) mass is 229 g/mol. The van der Waals surface area contributed by atoms with E-state index in [4.69, 9.17) is 5.11 Å². The van der Waals surface area contributed by atoms with Crippen LogP contribution >= 0.6 is 0 Å². The Bertz CT molecular complexity index is 629. The van der Waals surface area contributed by atoms with E-state index in [9.17, 15) is 9.59 Å². The van der Waals surface area contributed by atoms with E-state index in [2.05, 4.69) is 0 Å². The lowest BCUT2D eigenvalue weighted by Gasteiger charge is -2.09. The first-order chi connectivity index (χ1) is 8.11. The number of nitrogens with zero attached hydrogens (tertiary/aromatic N) is 1. The Labute approximate surface area is 97.8 Å².